The van der Waals surface area contributed by atoms with Crippen molar-refractivity contribution in [3.63, 3.8) is 0 Å². The van der Waals surface area contributed by atoms with Gasteiger partial charge in [0.2, 0.25) is 0 Å². The Balaban J connectivity index is 1.36. The number of nitrogens with one attached hydrogen (secondary N) is 1. The Bertz CT molecular complexity index is 1460. The second kappa shape index (κ2) is 10.5. The van der Waals surface area contributed by atoms with E-state index < -0.39 is 6.04 Å². The van der Waals surface area contributed by atoms with E-state index in [9.17, 15) is 9.59 Å². The van der Waals surface area contributed by atoms with Gasteiger partial charge < -0.3 is 19.0 Å². The van der Waals surface area contributed by atoms with Crippen molar-refractivity contribution in [2.45, 2.75) is 44.9 Å². The Kier molecular flexibility index (Phi) is 6.77. The first-order valence-corrected chi connectivity index (χ1v) is 13.2. The summed E-state index contributed by atoms with van der Waals surface area (Å²) in [5, 5.41) is 13.7. The lowest BCUT2D eigenvalue weighted by Gasteiger charge is -2.38. The first-order valence-electron chi connectivity index (χ1n) is 13.2. The van der Waals surface area contributed by atoms with Crippen LogP contribution in [0.25, 0.3) is 10.9 Å². The summed E-state index contributed by atoms with van der Waals surface area (Å²) in [6.07, 6.45) is 4.42. The van der Waals surface area contributed by atoms with Gasteiger partial charge >= 0.3 is 0 Å². The van der Waals surface area contributed by atoms with Crippen LogP contribution < -0.4 is 5.56 Å². The number of carbonyl (C=O) groups is 1. The number of tetrazole rings is 1. The molecule has 5 heterocycles. The lowest BCUT2D eigenvalue weighted by molar-refractivity contribution is 0.0550. The van der Waals surface area contributed by atoms with Crippen molar-refractivity contribution in [1.82, 2.24) is 35.0 Å². The summed E-state index contributed by atoms with van der Waals surface area (Å²) in [7, 11) is 0. The molecule has 1 N–H and O–H groups in total. The van der Waals surface area contributed by atoms with Gasteiger partial charge in [-0.25, -0.2) is 4.68 Å². The molecule has 2 fully saturated rings. The quantitative estimate of drug-likeness (QED) is 0.397. The number of hydrogen-bond donors (Lipinski definition) is 1. The molecule has 4 aromatic rings. The van der Waals surface area contributed by atoms with Crippen LogP contribution in [-0.4, -0.2) is 79.8 Å². The third-order valence-electron chi connectivity index (χ3n) is 7.54. The van der Waals surface area contributed by atoms with Crippen molar-refractivity contribution in [3.8, 4) is 0 Å². The van der Waals surface area contributed by atoms with E-state index in [0.717, 1.165) is 36.8 Å². The van der Waals surface area contributed by atoms with Crippen molar-refractivity contribution in [1.29, 1.82) is 0 Å². The second-order valence-electron chi connectivity index (χ2n) is 9.89. The highest BCUT2D eigenvalue weighted by Gasteiger charge is 2.34. The Morgan fingerprint density at radius 1 is 1.18 bits per heavy atom. The molecular weight excluding hydrogens is 486 g/mol. The van der Waals surface area contributed by atoms with Gasteiger partial charge in [-0.2, -0.15) is 0 Å². The fraction of sp³-hybridized carbons (Fsp3) is 0.444. The standard InChI is InChI=1S/C27H31N7O4/c1-2-18-7-8-22-19(15-18)16-21(26(35)28-22)24(25-29-30-31-34(25)17-20-5-3-13-37-20)32-9-11-33(12-10-32)27(36)23-6-4-14-38-23/h4,6-8,14-16,20,24H,2-3,5,9-13,17H2,1H3,(H,28,35)/t20-,24-/m1/s1. The molecule has 0 radical (unpaired) electrons. The zero-order valence-corrected chi connectivity index (χ0v) is 21.4. The summed E-state index contributed by atoms with van der Waals surface area (Å²) in [6.45, 7) is 5.47. The maximum Gasteiger partial charge on any atom is 0.289 e. The molecular formula is C27H31N7O4. The van der Waals surface area contributed by atoms with E-state index in [1.54, 1.807) is 21.7 Å². The first kappa shape index (κ1) is 24.5. The van der Waals surface area contributed by atoms with Crippen molar-refractivity contribution < 1.29 is 13.9 Å². The van der Waals surface area contributed by atoms with Crippen LogP contribution in [0.2, 0.25) is 0 Å². The summed E-state index contributed by atoms with van der Waals surface area (Å²) in [5.41, 5.74) is 2.40. The van der Waals surface area contributed by atoms with E-state index in [1.807, 2.05) is 18.2 Å². The predicted molar refractivity (Wildman–Crippen MR) is 139 cm³/mol. The van der Waals surface area contributed by atoms with Crippen LogP contribution in [0.1, 0.15) is 53.3 Å². The van der Waals surface area contributed by atoms with Crippen LogP contribution in [-0.2, 0) is 17.7 Å². The second-order valence-corrected chi connectivity index (χ2v) is 9.89. The number of aromatic amines is 1. The molecule has 2 atom stereocenters. The predicted octanol–water partition coefficient (Wildman–Crippen LogP) is 2.40. The van der Waals surface area contributed by atoms with Gasteiger partial charge in [0.05, 0.1) is 18.9 Å². The van der Waals surface area contributed by atoms with Crippen molar-refractivity contribution in [2.75, 3.05) is 32.8 Å². The Labute approximate surface area is 219 Å². The zero-order chi connectivity index (χ0) is 26.1. The van der Waals surface area contributed by atoms with E-state index in [-0.39, 0.29) is 17.6 Å². The molecule has 0 unspecified atom stereocenters. The number of rotatable bonds is 7. The number of amides is 1. The molecule has 11 nitrogen and oxygen atoms in total. The number of hydrogen-bond acceptors (Lipinski definition) is 8. The Hall–Kier alpha value is -3.83. The van der Waals surface area contributed by atoms with Crippen molar-refractivity contribution in [3.05, 3.63) is 75.7 Å². The van der Waals surface area contributed by atoms with E-state index in [1.165, 1.54) is 11.8 Å². The fourth-order valence-corrected chi connectivity index (χ4v) is 5.45. The molecule has 38 heavy (non-hydrogen) atoms. The highest BCUT2D eigenvalue weighted by molar-refractivity contribution is 5.91. The molecule has 1 aromatic carbocycles. The minimum atomic E-state index is -0.481. The number of piperazine rings is 1. The number of fused-ring (bicyclic) bond motifs is 1. The molecule has 2 aliphatic heterocycles. The molecule has 0 aliphatic carbocycles. The molecule has 0 bridgehead atoms. The zero-order valence-electron chi connectivity index (χ0n) is 21.4. The topological polar surface area (TPSA) is 122 Å². The number of aromatic nitrogens is 5. The van der Waals surface area contributed by atoms with Crippen LogP contribution >= 0.6 is 0 Å². The molecule has 2 saturated heterocycles. The number of ether oxygens (including phenoxy) is 1. The first-order chi connectivity index (χ1) is 18.6. The number of nitrogens with zero attached hydrogens (tertiary/aromatic N) is 6. The lowest BCUT2D eigenvalue weighted by atomic mass is 10.0. The maximum absolute atomic E-state index is 13.5. The lowest BCUT2D eigenvalue weighted by Crippen LogP contribution is -2.50. The van der Waals surface area contributed by atoms with Crippen molar-refractivity contribution in [2.24, 2.45) is 0 Å². The smallest absolute Gasteiger partial charge is 0.289 e. The van der Waals surface area contributed by atoms with E-state index in [0.29, 0.717) is 49.9 Å². The molecule has 3 aromatic heterocycles. The molecule has 1 amide bonds. The molecule has 2 aliphatic rings. The molecule has 198 valence electrons. The van der Waals surface area contributed by atoms with Gasteiger partial charge in [-0.05, 0) is 71.0 Å². The summed E-state index contributed by atoms with van der Waals surface area (Å²) in [6, 6.07) is 11.0. The highest BCUT2D eigenvalue weighted by Crippen LogP contribution is 2.29. The minimum Gasteiger partial charge on any atom is -0.459 e. The van der Waals surface area contributed by atoms with Gasteiger partial charge in [-0.15, -0.1) is 5.10 Å². The fourth-order valence-electron chi connectivity index (χ4n) is 5.45. The van der Waals surface area contributed by atoms with E-state index >= 15 is 0 Å². The largest absolute Gasteiger partial charge is 0.459 e. The van der Waals surface area contributed by atoms with Gasteiger partial charge in [0.1, 0.15) is 6.04 Å². The third-order valence-corrected chi connectivity index (χ3v) is 7.54. The SMILES string of the molecule is CCc1ccc2[nH]c(=O)c([C@H](c3nnnn3C[C@H]3CCCO3)N3CCN(C(=O)c4ccco4)CC3)cc2c1. The minimum absolute atomic E-state index is 0.0441. The number of pyridine rings is 1. The van der Waals surface area contributed by atoms with Gasteiger partial charge in [0, 0.05) is 43.9 Å². The van der Waals surface area contributed by atoms with E-state index in [2.05, 4.69) is 38.4 Å². The molecule has 6 rings (SSSR count). The van der Waals surface area contributed by atoms with Gasteiger partial charge in [0.15, 0.2) is 11.6 Å². The number of aryl methyl sites for hydroxylation is 1. The van der Waals surface area contributed by atoms with Crippen LogP contribution in [0, 0.1) is 0 Å². The number of benzene rings is 1. The summed E-state index contributed by atoms with van der Waals surface area (Å²) in [4.78, 5) is 33.4. The van der Waals surface area contributed by atoms with Gasteiger partial charge in [0.25, 0.3) is 11.5 Å². The highest BCUT2D eigenvalue weighted by atomic mass is 16.5. The van der Waals surface area contributed by atoms with Gasteiger partial charge in [-0.1, -0.05) is 13.0 Å². The van der Waals surface area contributed by atoms with Crippen LogP contribution in [0.5, 0.6) is 0 Å². The molecule has 0 saturated carbocycles. The Morgan fingerprint density at radius 2 is 2.05 bits per heavy atom. The average molecular weight is 518 g/mol. The summed E-state index contributed by atoms with van der Waals surface area (Å²) >= 11 is 0. The molecule has 0 spiro atoms. The van der Waals surface area contributed by atoms with Gasteiger partial charge in [-0.3, -0.25) is 14.5 Å². The number of carbonyl (C=O) groups excluding carboxylic acids is 1. The van der Waals surface area contributed by atoms with Crippen LogP contribution in [0.3, 0.4) is 0 Å². The molecule has 11 heteroatoms. The third kappa shape index (κ3) is 4.74. The number of furan rings is 1. The number of H-pyrrole nitrogens is 1. The Morgan fingerprint density at radius 3 is 2.79 bits per heavy atom. The van der Waals surface area contributed by atoms with Crippen LogP contribution in [0.4, 0.5) is 0 Å². The van der Waals surface area contributed by atoms with Crippen molar-refractivity contribution >= 4 is 16.8 Å². The average Bonchev–Trinajstić information content (AvgIpc) is 3.74. The summed E-state index contributed by atoms with van der Waals surface area (Å²) in [5.74, 6) is 0.793. The summed E-state index contributed by atoms with van der Waals surface area (Å²) < 4.78 is 12.9. The monoisotopic (exact) mass is 517 g/mol. The van der Waals surface area contributed by atoms with Crippen LogP contribution in [0.15, 0.2) is 51.9 Å². The normalized spacial score (nSPS) is 19.3. The van der Waals surface area contributed by atoms with E-state index in [4.69, 9.17) is 9.15 Å². The maximum atomic E-state index is 13.5.